The van der Waals surface area contributed by atoms with Crippen LogP contribution in [-0.4, -0.2) is 36.2 Å². The number of nitrogens with zero attached hydrogens (tertiary/aromatic N) is 1. The minimum absolute atomic E-state index is 0.0168. The molecule has 19 heavy (non-hydrogen) atoms. The van der Waals surface area contributed by atoms with E-state index >= 15 is 0 Å². The third kappa shape index (κ3) is 3.55. The second kappa shape index (κ2) is 6.17. The molecule has 0 radical (unpaired) electrons. The topological polar surface area (TPSA) is 63.4 Å². The molecule has 1 fully saturated rings. The van der Waals surface area contributed by atoms with Crippen molar-refractivity contribution < 1.29 is 9.59 Å². The number of ketones is 1. The predicted octanol–water partition coefficient (Wildman–Crippen LogP) is 1.72. The molecule has 4 nitrogen and oxygen atoms in total. The van der Waals surface area contributed by atoms with Gasteiger partial charge in [-0.25, -0.2) is 0 Å². The number of Topliss-reactive ketones (excluding diaryl/α,β-unsaturated/α-hetero) is 1. The summed E-state index contributed by atoms with van der Waals surface area (Å²) < 4.78 is 0. The number of carbonyl (C=O) groups is 2. The molecule has 0 spiro atoms. The predicted molar refractivity (Wildman–Crippen MR) is 74.1 cm³/mol. The Kier molecular flexibility index (Phi) is 4.56. The highest BCUT2D eigenvalue weighted by Crippen LogP contribution is 2.19. The Morgan fingerprint density at radius 1 is 1.26 bits per heavy atom. The number of halogens is 1. The van der Waals surface area contributed by atoms with Gasteiger partial charge in [0.2, 0.25) is 5.91 Å². The number of hydrogen-bond acceptors (Lipinski definition) is 3. The molecular weight excluding hydrogens is 264 g/mol. The smallest absolute Gasteiger partial charge is 0.220 e. The van der Waals surface area contributed by atoms with Gasteiger partial charge < -0.3 is 5.73 Å². The first-order chi connectivity index (χ1) is 9.08. The van der Waals surface area contributed by atoms with E-state index in [0.29, 0.717) is 17.1 Å². The fraction of sp³-hybridized carbons (Fsp3) is 0.429. The second-order valence-electron chi connectivity index (χ2n) is 4.86. The first-order valence-corrected chi connectivity index (χ1v) is 6.75. The van der Waals surface area contributed by atoms with E-state index in [1.54, 1.807) is 24.3 Å². The minimum Gasteiger partial charge on any atom is -0.369 e. The van der Waals surface area contributed by atoms with Crippen LogP contribution in [0.15, 0.2) is 24.3 Å². The van der Waals surface area contributed by atoms with Crippen molar-refractivity contribution >= 4 is 23.3 Å². The Morgan fingerprint density at radius 2 is 1.89 bits per heavy atom. The normalized spacial score (nSPS) is 17.3. The Bertz CT molecular complexity index is 482. The van der Waals surface area contributed by atoms with E-state index in [4.69, 9.17) is 17.3 Å². The Labute approximate surface area is 117 Å². The number of nitrogens with two attached hydrogens (primary N) is 1. The van der Waals surface area contributed by atoms with E-state index in [9.17, 15) is 9.59 Å². The third-order valence-corrected chi connectivity index (χ3v) is 3.86. The second-order valence-corrected chi connectivity index (χ2v) is 5.26. The molecule has 0 saturated carbocycles. The number of rotatable bonds is 4. The van der Waals surface area contributed by atoms with Crippen molar-refractivity contribution in [2.45, 2.75) is 12.8 Å². The van der Waals surface area contributed by atoms with Gasteiger partial charge in [0.15, 0.2) is 5.78 Å². The van der Waals surface area contributed by atoms with Gasteiger partial charge in [-0.1, -0.05) is 23.7 Å². The molecule has 0 atom stereocenters. The van der Waals surface area contributed by atoms with E-state index < -0.39 is 0 Å². The third-order valence-electron chi connectivity index (χ3n) is 3.53. The van der Waals surface area contributed by atoms with Gasteiger partial charge in [-0.15, -0.1) is 0 Å². The van der Waals surface area contributed by atoms with Crippen LogP contribution >= 0.6 is 11.6 Å². The fourth-order valence-electron chi connectivity index (χ4n) is 2.35. The number of carbonyl (C=O) groups excluding carboxylic acids is 2. The highest BCUT2D eigenvalue weighted by atomic mass is 35.5. The summed E-state index contributed by atoms with van der Waals surface area (Å²) >= 11 is 6.00. The molecule has 2 N–H and O–H groups in total. The van der Waals surface area contributed by atoms with Crippen LogP contribution in [0.25, 0.3) is 0 Å². The molecule has 2 rings (SSSR count). The van der Waals surface area contributed by atoms with Crippen LogP contribution in [0.4, 0.5) is 0 Å². The molecule has 0 unspecified atom stereocenters. The van der Waals surface area contributed by atoms with Crippen molar-refractivity contribution in [2.75, 3.05) is 19.6 Å². The lowest BCUT2D eigenvalue weighted by atomic mass is 9.96. The highest BCUT2D eigenvalue weighted by molar-refractivity contribution is 6.34. The molecular formula is C14H17ClN2O2. The largest absolute Gasteiger partial charge is 0.369 e. The molecule has 102 valence electrons. The maximum absolute atomic E-state index is 12.1. The summed E-state index contributed by atoms with van der Waals surface area (Å²) in [5.41, 5.74) is 5.84. The van der Waals surface area contributed by atoms with Crippen LogP contribution < -0.4 is 5.73 Å². The SMILES string of the molecule is NC(=O)C1CCN(CC(=O)c2ccccc2Cl)CC1. The molecule has 0 aromatic heterocycles. The van der Waals surface area contributed by atoms with Gasteiger partial charge in [0.1, 0.15) is 0 Å². The van der Waals surface area contributed by atoms with E-state index in [1.807, 2.05) is 4.90 Å². The van der Waals surface area contributed by atoms with Crippen molar-refractivity contribution in [3.63, 3.8) is 0 Å². The summed E-state index contributed by atoms with van der Waals surface area (Å²) in [7, 11) is 0. The van der Waals surface area contributed by atoms with Gasteiger partial charge in [-0.2, -0.15) is 0 Å². The molecule has 0 aliphatic carbocycles. The number of benzene rings is 1. The van der Waals surface area contributed by atoms with Crippen molar-refractivity contribution in [1.82, 2.24) is 4.90 Å². The lowest BCUT2D eigenvalue weighted by Crippen LogP contribution is -2.40. The molecule has 1 amide bonds. The molecule has 1 aromatic rings. The number of piperidine rings is 1. The summed E-state index contributed by atoms with van der Waals surface area (Å²) in [5, 5.41) is 0.486. The zero-order valence-corrected chi connectivity index (χ0v) is 11.4. The Hall–Kier alpha value is -1.39. The van der Waals surface area contributed by atoms with E-state index in [-0.39, 0.29) is 17.6 Å². The molecule has 0 bridgehead atoms. The van der Waals surface area contributed by atoms with Crippen molar-refractivity contribution in [3.8, 4) is 0 Å². The van der Waals surface area contributed by atoms with Gasteiger partial charge in [-0.3, -0.25) is 14.5 Å². The number of likely N-dealkylation sites (tertiary alicyclic amines) is 1. The highest BCUT2D eigenvalue weighted by Gasteiger charge is 2.24. The average molecular weight is 281 g/mol. The number of primary amides is 1. The summed E-state index contributed by atoms with van der Waals surface area (Å²) in [6.45, 7) is 1.79. The van der Waals surface area contributed by atoms with Gasteiger partial charge >= 0.3 is 0 Å². The van der Waals surface area contributed by atoms with Crippen molar-refractivity contribution in [3.05, 3.63) is 34.9 Å². The molecule has 1 heterocycles. The lowest BCUT2D eigenvalue weighted by Gasteiger charge is -2.29. The number of hydrogen-bond donors (Lipinski definition) is 1. The zero-order chi connectivity index (χ0) is 13.8. The summed E-state index contributed by atoms with van der Waals surface area (Å²) in [6.07, 6.45) is 1.45. The molecule has 1 aliphatic heterocycles. The summed E-state index contributed by atoms with van der Waals surface area (Å²) in [4.78, 5) is 25.2. The summed E-state index contributed by atoms with van der Waals surface area (Å²) in [6, 6.07) is 7.06. The van der Waals surface area contributed by atoms with Crippen LogP contribution in [0.2, 0.25) is 5.02 Å². The first kappa shape index (κ1) is 14.0. The van der Waals surface area contributed by atoms with E-state index in [0.717, 1.165) is 25.9 Å². The van der Waals surface area contributed by atoms with Crippen molar-refractivity contribution in [2.24, 2.45) is 11.7 Å². The fourth-order valence-corrected chi connectivity index (χ4v) is 2.59. The number of amides is 1. The van der Waals surface area contributed by atoms with Crippen molar-refractivity contribution in [1.29, 1.82) is 0 Å². The van der Waals surface area contributed by atoms with Crippen LogP contribution in [0, 0.1) is 5.92 Å². The zero-order valence-electron chi connectivity index (χ0n) is 10.6. The van der Waals surface area contributed by atoms with Crippen LogP contribution in [-0.2, 0) is 4.79 Å². The molecule has 1 saturated heterocycles. The van der Waals surface area contributed by atoms with E-state index in [1.165, 1.54) is 0 Å². The maximum Gasteiger partial charge on any atom is 0.220 e. The van der Waals surface area contributed by atoms with Gasteiger partial charge in [0.05, 0.1) is 11.6 Å². The lowest BCUT2D eigenvalue weighted by molar-refractivity contribution is -0.123. The van der Waals surface area contributed by atoms with Gasteiger partial charge in [-0.05, 0) is 38.1 Å². The quantitative estimate of drug-likeness (QED) is 0.854. The maximum atomic E-state index is 12.1. The van der Waals surface area contributed by atoms with Gasteiger partial charge in [0, 0.05) is 11.5 Å². The monoisotopic (exact) mass is 280 g/mol. The van der Waals surface area contributed by atoms with Crippen LogP contribution in [0.5, 0.6) is 0 Å². The standard InChI is InChI=1S/C14H17ClN2O2/c15-12-4-2-1-3-11(12)13(18)9-17-7-5-10(6-8-17)14(16)19/h1-4,10H,5-9H2,(H2,16,19). The van der Waals surface area contributed by atoms with Crippen LogP contribution in [0.1, 0.15) is 23.2 Å². The van der Waals surface area contributed by atoms with Gasteiger partial charge in [0.25, 0.3) is 0 Å². The minimum atomic E-state index is -0.239. The van der Waals surface area contributed by atoms with E-state index in [2.05, 4.69) is 0 Å². The Balaban J connectivity index is 1.91. The Morgan fingerprint density at radius 3 is 2.47 bits per heavy atom. The molecule has 1 aromatic carbocycles. The molecule has 5 heteroatoms. The average Bonchev–Trinajstić information content (AvgIpc) is 2.39. The summed E-state index contributed by atoms with van der Waals surface area (Å²) in [5.74, 6) is -0.271. The van der Waals surface area contributed by atoms with Crippen LogP contribution in [0.3, 0.4) is 0 Å². The first-order valence-electron chi connectivity index (χ1n) is 6.37. The molecule has 1 aliphatic rings.